The summed E-state index contributed by atoms with van der Waals surface area (Å²) in [6.45, 7) is 9.03. The van der Waals surface area contributed by atoms with E-state index in [0.717, 1.165) is 39.3 Å². The predicted octanol–water partition coefficient (Wildman–Crippen LogP) is 4.92. The van der Waals surface area contributed by atoms with Gasteiger partial charge < -0.3 is 14.5 Å². The number of likely N-dealkylation sites (N-methyl/N-ethyl adjacent to an activating group) is 1. The average Bonchev–Trinajstić information content (AvgIpc) is 3.05. The molecular weight excluding hydrogens is 364 g/mol. The van der Waals surface area contributed by atoms with E-state index >= 15 is 0 Å². The van der Waals surface area contributed by atoms with Crippen LogP contribution in [0.4, 0.5) is 0 Å². The van der Waals surface area contributed by atoms with Crippen LogP contribution in [0.2, 0.25) is 0 Å². The molecule has 1 fully saturated rings. The van der Waals surface area contributed by atoms with E-state index in [4.69, 9.17) is 4.52 Å². The highest BCUT2D eigenvalue weighted by atomic mass is 16.5. The predicted molar refractivity (Wildman–Crippen MR) is 115 cm³/mol. The summed E-state index contributed by atoms with van der Waals surface area (Å²) in [6.07, 6.45) is 0. The molecule has 0 saturated carbocycles. The zero-order chi connectivity index (χ0) is 21.2. The molecule has 152 valence electrons. The summed E-state index contributed by atoms with van der Waals surface area (Å²) in [6, 6.07) is 16.0. The Morgan fingerprint density at radius 1 is 0.966 bits per heavy atom. The van der Waals surface area contributed by atoms with Crippen molar-refractivity contribution in [2.75, 3.05) is 20.1 Å². The SMILES string of the molecule is CC.Cc1noc(-c2ccc(-c3ccc(C4(C(=O)O)CN(C)C4)cc3)cc2)c1C. The molecule has 29 heavy (non-hydrogen) atoms. The summed E-state index contributed by atoms with van der Waals surface area (Å²) in [7, 11) is 1.94. The highest BCUT2D eigenvalue weighted by Crippen LogP contribution is 2.35. The van der Waals surface area contributed by atoms with E-state index in [1.54, 1.807) is 0 Å². The Bertz CT molecular complexity index is 982. The van der Waals surface area contributed by atoms with Crippen LogP contribution in [-0.2, 0) is 10.2 Å². The van der Waals surface area contributed by atoms with Crippen LogP contribution in [0, 0.1) is 13.8 Å². The van der Waals surface area contributed by atoms with E-state index in [-0.39, 0.29) is 0 Å². The second-order valence-corrected chi connectivity index (χ2v) is 7.44. The molecule has 0 aliphatic carbocycles. The van der Waals surface area contributed by atoms with Crippen molar-refractivity contribution in [2.24, 2.45) is 0 Å². The molecule has 4 rings (SSSR count). The first-order chi connectivity index (χ1) is 13.9. The minimum atomic E-state index is -0.779. The third kappa shape index (κ3) is 3.70. The zero-order valence-corrected chi connectivity index (χ0v) is 17.7. The Labute approximate surface area is 172 Å². The number of aliphatic carboxylic acids is 1. The maximum absolute atomic E-state index is 11.8. The number of hydrogen-bond acceptors (Lipinski definition) is 4. The van der Waals surface area contributed by atoms with Gasteiger partial charge in [-0.3, -0.25) is 4.79 Å². The van der Waals surface area contributed by atoms with Crippen molar-refractivity contribution in [1.82, 2.24) is 10.1 Å². The lowest BCUT2D eigenvalue weighted by atomic mass is 9.74. The van der Waals surface area contributed by atoms with Gasteiger partial charge in [0.2, 0.25) is 0 Å². The largest absolute Gasteiger partial charge is 0.481 e. The van der Waals surface area contributed by atoms with E-state index in [2.05, 4.69) is 5.16 Å². The van der Waals surface area contributed by atoms with Crippen LogP contribution in [0.15, 0.2) is 53.1 Å². The number of benzene rings is 2. The Kier molecular flexibility index (Phi) is 5.89. The third-order valence-corrected chi connectivity index (χ3v) is 5.56. The molecule has 2 aromatic carbocycles. The molecule has 0 atom stereocenters. The molecule has 0 unspecified atom stereocenters. The van der Waals surface area contributed by atoms with Crippen LogP contribution in [0.1, 0.15) is 30.7 Å². The van der Waals surface area contributed by atoms with Gasteiger partial charge in [-0.05, 0) is 37.6 Å². The zero-order valence-electron chi connectivity index (χ0n) is 17.7. The fraction of sp³-hybridized carbons (Fsp3) is 0.333. The van der Waals surface area contributed by atoms with Crippen LogP contribution < -0.4 is 0 Å². The van der Waals surface area contributed by atoms with E-state index in [1.807, 2.05) is 88.2 Å². The summed E-state index contributed by atoms with van der Waals surface area (Å²) in [5.74, 6) is 0.0438. The minimum Gasteiger partial charge on any atom is -0.481 e. The van der Waals surface area contributed by atoms with Crippen molar-refractivity contribution < 1.29 is 14.4 Å². The van der Waals surface area contributed by atoms with Gasteiger partial charge in [0.25, 0.3) is 0 Å². The standard InChI is InChI=1S/C22H22N2O3.C2H6/c1-14-15(2)23-27-20(14)18-6-4-16(5-7-18)17-8-10-19(11-9-17)22(21(25)26)12-24(3)13-22;1-2/h4-11H,12-13H2,1-3H3,(H,25,26);1-2H3. The van der Waals surface area contributed by atoms with Gasteiger partial charge in [-0.1, -0.05) is 67.5 Å². The Morgan fingerprint density at radius 3 is 1.86 bits per heavy atom. The van der Waals surface area contributed by atoms with E-state index in [0.29, 0.717) is 13.1 Å². The summed E-state index contributed by atoms with van der Waals surface area (Å²) >= 11 is 0. The van der Waals surface area contributed by atoms with Gasteiger partial charge in [0.15, 0.2) is 5.76 Å². The number of nitrogens with zero attached hydrogens (tertiary/aromatic N) is 2. The molecule has 1 aliphatic rings. The Balaban J connectivity index is 0.00000117. The normalized spacial score (nSPS) is 15.2. The molecule has 0 amide bonds. The van der Waals surface area contributed by atoms with Crippen LogP contribution in [-0.4, -0.2) is 41.3 Å². The maximum atomic E-state index is 11.8. The first-order valence-electron chi connectivity index (χ1n) is 9.97. The highest BCUT2D eigenvalue weighted by molar-refractivity contribution is 5.84. The number of carboxylic acids is 1. The smallest absolute Gasteiger partial charge is 0.316 e. The lowest BCUT2D eigenvalue weighted by molar-refractivity contribution is -0.150. The van der Waals surface area contributed by atoms with E-state index in [1.165, 1.54) is 0 Å². The van der Waals surface area contributed by atoms with Gasteiger partial charge in [-0.25, -0.2) is 0 Å². The molecule has 1 N–H and O–H groups in total. The molecule has 0 bridgehead atoms. The molecule has 1 saturated heterocycles. The summed E-state index contributed by atoms with van der Waals surface area (Å²) in [4.78, 5) is 13.8. The average molecular weight is 392 g/mol. The summed E-state index contributed by atoms with van der Waals surface area (Å²) in [5.41, 5.74) is 5.17. The Morgan fingerprint density at radius 2 is 1.45 bits per heavy atom. The summed E-state index contributed by atoms with van der Waals surface area (Å²) in [5, 5.41) is 13.7. The number of aromatic nitrogens is 1. The van der Waals surface area contributed by atoms with Crippen molar-refractivity contribution in [3.63, 3.8) is 0 Å². The van der Waals surface area contributed by atoms with Crippen molar-refractivity contribution >= 4 is 5.97 Å². The van der Waals surface area contributed by atoms with E-state index in [9.17, 15) is 9.90 Å². The number of aryl methyl sites for hydroxylation is 1. The molecule has 1 aliphatic heterocycles. The van der Waals surface area contributed by atoms with Crippen LogP contribution in [0.3, 0.4) is 0 Å². The second-order valence-electron chi connectivity index (χ2n) is 7.44. The molecule has 0 spiro atoms. The van der Waals surface area contributed by atoms with Gasteiger partial charge in [0, 0.05) is 24.2 Å². The van der Waals surface area contributed by atoms with Crippen LogP contribution in [0.25, 0.3) is 22.5 Å². The quantitative estimate of drug-likeness (QED) is 0.683. The first-order valence-corrected chi connectivity index (χ1v) is 9.97. The molecular formula is C24H28N2O3. The maximum Gasteiger partial charge on any atom is 0.316 e. The van der Waals surface area contributed by atoms with E-state index < -0.39 is 11.4 Å². The number of hydrogen-bond donors (Lipinski definition) is 1. The van der Waals surface area contributed by atoms with Gasteiger partial charge in [-0.15, -0.1) is 0 Å². The van der Waals surface area contributed by atoms with Crippen LogP contribution in [0.5, 0.6) is 0 Å². The first kappa shape index (κ1) is 20.8. The molecule has 5 nitrogen and oxygen atoms in total. The number of carbonyl (C=O) groups is 1. The fourth-order valence-corrected chi connectivity index (χ4v) is 3.80. The molecule has 5 heteroatoms. The topological polar surface area (TPSA) is 66.6 Å². The number of carboxylic acid groups (broad SMARTS) is 1. The number of rotatable bonds is 4. The minimum absolute atomic E-state index is 0.548. The second kappa shape index (κ2) is 8.21. The Hall–Kier alpha value is -2.92. The number of likely N-dealkylation sites (tertiary alicyclic amines) is 1. The van der Waals surface area contributed by atoms with Crippen molar-refractivity contribution in [2.45, 2.75) is 33.1 Å². The lowest BCUT2D eigenvalue weighted by Gasteiger charge is -2.45. The molecule has 0 radical (unpaired) electrons. The van der Waals surface area contributed by atoms with Gasteiger partial charge in [0.1, 0.15) is 5.41 Å². The van der Waals surface area contributed by atoms with Gasteiger partial charge in [0.05, 0.1) is 5.69 Å². The summed E-state index contributed by atoms with van der Waals surface area (Å²) < 4.78 is 5.42. The molecule has 3 aromatic rings. The monoisotopic (exact) mass is 392 g/mol. The van der Waals surface area contributed by atoms with Gasteiger partial charge in [-0.2, -0.15) is 0 Å². The highest BCUT2D eigenvalue weighted by Gasteiger charge is 2.49. The van der Waals surface area contributed by atoms with Crippen molar-refractivity contribution in [1.29, 1.82) is 0 Å². The fourth-order valence-electron chi connectivity index (χ4n) is 3.80. The molecule has 2 heterocycles. The molecule has 1 aromatic heterocycles. The van der Waals surface area contributed by atoms with Crippen molar-refractivity contribution in [3.05, 3.63) is 65.4 Å². The third-order valence-electron chi connectivity index (χ3n) is 5.56. The van der Waals surface area contributed by atoms with Crippen molar-refractivity contribution in [3.8, 4) is 22.5 Å². The van der Waals surface area contributed by atoms with Gasteiger partial charge >= 0.3 is 5.97 Å². The lowest BCUT2D eigenvalue weighted by Crippen LogP contribution is -2.61. The van der Waals surface area contributed by atoms with Crippen LogP contribution >= 0.6 is 0 Å².